The SMILES string of the molecule is C1=Cc2[nH]ccc2C=CI=1. The van der Waals surface area contributed by atoms with Gasteiger partial charge in [-0.3, -0.25) is 0 Å². The highest BCUT2D eigenvalue weighted by Crippen LogP contribution is 2.14. The molecule has 1 nitrogen and oxygen atoms in total. The first kappa shape index (κ1) is 6.13. The molecule has 1 N–H and O–H groups in total. The fourth-order valence-electron chi connectivity index (χ4n) is 0.886. The average Bonchev–Trinajstić information content (AvgIpc) is 2.28. The van der Waals surface area contributed by atoms with Crippen molar-refractivity contribution in [2.75, 3.05) is 0 Å². The van der Waals surface area contributed by atoms with E-state index in [1.54, 1.807) is 0 Å². The fourth-order valence-corrected chi connectivity index (χ4v) is 2.15. The lowest BCUT2D eigenvalue weighted by Gasteiger charge is -1.85. The Kier molecular flexibility index (Phi) is 1.57. The summed E-state index contributed by atoms with van der Waals surface area (Å²) in [6.07, 6.45) is 6.16. The van der Waals surface area contributed by atoms with E-state index in [2.05, 4.69) is 24.9 Å². The topological polar surface area (TPSA) is 15.8 Å². The highest BCUT2D eigenvalue weighted by atomic mass is 127. The maximum atomic E-state index is 3.26. The summed E-state index contributed by atoms with van der Waals surface area (Å²) in [6.45, 7) is 0. The Morgan fingerprint density at radius 2 is 2.50 bits per heavy atom. The van der Waals surface area contributed by atoms with Gasteiger partial charge >= 0.3 is 0 Å². The quantitative estimate of drug-likeness (QED) is 0.673. The Morgan fingerprint density at radius 3 is 3.50 bits per heavy atom. The highest BCUT2D eigenvalue weighted by Gasteiger charge is 1.95. The van der Waals surface area contributed by atoms with Crippen molar-refractivity contribution in [1.82, 2.24) is 4.98 Å². The van der Waals surface area contributed by atoms with Crippen molar-refractivity contribution in [3.8, 4) is 0 Å². The molecule has 0 aliphatic carbocycles. The van der Waals surface area contributed by atoms with Gasteiger partial charge < -0.3 is 4.98 Å². The van der Waals surface area contributed by atoms with E-state index in [1.807, 2.05) is 12.3 Å². The number of hydrogen-bond acceptors (Lipinski definition) is 0. The zero-order chi connectivity index (χ0) is 6.81. The molecule has 0 amide bonds. The summed E-state index contributed by atoms with van der Waals surface area (Å²) in [5, 5.41) is 0. The Morgan fingerprint density at radius 1 is 1.50 bits per heavy atom. The van der Waals surface area contributed by atoms with E-state index in [9.17, 15) is 0 Å². The molecule has 1 aliphatic heterocycles. The van der Waals surface area contributed by atoms with E-state index in [4.69, 9.17) is 0 Å². The number of nitrogens with one attached hydrogen (secondary N) is 1. The van der Waals surface area contributed by atoms with Gasteiger partial charge in [0.25, 0.3) is 0 Å². The molecule has 50 valence electrons. The summed E-state index contributed by atoms with van der Waals surface area (Å²) in [5.41, 5.74) is 2.47. The van der Waals surface area contributed by atoms with E-state index in [1.165, 1.54) is 11.3 Å². The third-order valence-electron chi connectivity index (χ3n) is 1.38. The van der Waals surface area contributed by atoms with Crippen LogP contribution in [0.3, 0.4) is 0 Å². The lowest BCUT2D eigenvalue weighted by molar-refractivity contribution is 1.38. The predicted molar refractivity (Wildman–Crippen MR) is 53.3 cm³/mol. The molecule has 0 saturated carbocycles. The van der Waals surface area contributed by atoms with Crippen LogP contribution in [0.25, 0.3) is 12.2 Å². The molecule has 0 saturated heterocycles. The van der Waals surface area contributed by atoms with Crippen molar-refractivity contribution in [1.29, 1.82) is 0 Å². The van der Waals surface area contributed by atoms with Gasteiger partial charge in [-0.15, -0.1) is 0 Å². The van der Waals surface area contributed by atoms with Crippen LogP contribution in [-0.2, 0) is 0 Å². The average molecular weight is 243 g/mol. The second-order valence-electron chi connectivity index (χ2n) is 2.00. The zero-order valence-electron chi connectivity index (χ0n) is 5.26. The molecule has 0 fully saturated rings. The minimum Gasteiger partial charge on any atom is -0.361 e. The first-order chi connectivity index (χ1) is 4.97. The van der Waals surface area contributed by atoms with Gasteiger partial charge in [0.2, 0.25) is 0 Å². The van der Waals surface area contributed by atoms with Crippen LogP contribution in [0, 0.1) is 0 Å². The first-order valence-corrected chi connectivity index (χ1v) is 5.34. The van der Waals surface area contributed by atoms with Crippen LogP contribution in [0.15, 0.2) is 16.3 Å². The molecule has 0 unspecified atom stereocenters. The van der Waals surface area contributed by atoms with Crippen LogP contribution < -0.4 is 0 Å². The lowest BCUT2D eigenvalue weighted by Crippen LogP contribution is -1.71. The minimum absolute atomic E-state index is 0.0590. The monoisotopic (exact) mass is 243 g/mol. The van der Waals surface area contributed by atoms with Crippen molar-refractivity contribution < 1.29 is 0 Å². The number of hydrogen-bond donors (Lipinski definition) is 1. The molecule has 1 aromatic rings. The van der Waals surface area contributed by atoms with Crippen LogP contribution in [-0.4, -0.2) is 8.65 Å². The van der Waals surface area contributed by atoms with E-state index in [0.717, 1.165) is 0 Å². The van der Waals surface area contributed by atoms with Crippen LogP contribution in [0.2, 0.25) is 0 Å². The number of aromatic nitrogens is 1. The van der Waals surface area contributed by atoms with Gasteiger partial charge in [0.05, 0.1) is 5.69 Å². The molecule has 2 heteroatoms. The Balaban J connectivity index is 2.68. The molecule has 2 heterocycles. The summed E-state index contributed by atoms with van der Waals surface area (Å²) < 4.78 is 5.47. The van der Waals surface area contributed by atoms with Gasteiger partial charge in [0.1, 0.15) is 0 Å². The maximum absolute atomic E-state index is 3.26. The van der Waals surface area contributed by atoms with E-state index in [0.29, 0.717) is 0 Å². The van der Waals surface area contributed by atoms with Crippen molar-refractivity contribution in [3.63, 3.8) is 0 Å². The molecule has 2 rings (SSSR count). The van der Waals surface area contributed by atoms with Gasteiger partial charge in [-0.2, -0.15) is 0 Å². The smallest absolute Gasteiger partial charge is 0.0536 e. The number of rotatable bonds is 0. The molecule has 0 bridgehead atoms. The molecule has 1 aliphatic rings. The van der Waals surface area contributed by atoms with Gasteiger partial charge in [-0.1, -0.05) is 3.67 Å². The zero-order valence-corrected chi connectivity index (χ0v) is 7.42. The Labute approximate surface area is 69.2 Å². The molecular formula is C8H6IN. The van der Waals surface area contributed by atoms with Crippen LogP contribution >= 0.6 is 20.7 Å². The predicted octanol–water partition coefficient (Wildman–Crippen LogP) is 2.38. The summed E-state index contributed by atoms with van der Waals surface area (Å²) in [7, 11) is 0. The normalized spacial score (nSPS) is 14.0. The molecule has 0 aromatic carbocycles. The van der Waals surface area contributed by atoms with Crippen molar-refractivity contribution in [3.05, 3.63) is 27.6 Å². The van der Waals surface area contributed by atoms with Crippen molar-refractivity contribution in [2.24, 2.45) is 0 Å². The third-order valence-corrected chi connectivity index (χ3v) is 2.77. The molecule has 0 radical (unpaired) electrons. The van der Waals surface area contributed by atoms with Gasteiger partial charge in [0, 0.05) is 17.8 Å². The van der Waals surface area contributed by atoms with E-state index in [-0.39, 0.29) is 20.7 Å². The van der Waals surface area contributed by atoms with Gasteiger partial charge in [-0.25, -0.2) is 0 Å². The molecular weight excluding hydrogens is 237 g/mol. The number of fused-ring (bicyclic) bond motifs is 1. The molecule has 0 atom stereocenters. The molecule has 1 aromatic heterocycles. The Bertz CT molecular complexity index is 327. The third kappa shape index (κ3) is 1.00. The van der Waals surface area contributed by atoms with E-state index < -0.39 is 0 Å². The van der Waals surface area contributed by atoms with Gasteiger partial charge in [0.15, 0.2) is 0 Å². The van der Waals surface area contributed by atoms with Crippen LogP contribution in [0.1, 0.15) is 11.3 Å². The largest absolute Gasteiger partial charge is 0.361 e. The maximum Gasteiger partial charge on any atom is 0.0536 e. The number of halogens is 1. The highest BCUT2D eigenvalue weighted by molar-refractivity contribution is 14.2. The molecule has 10 heavy (non-hydrogen) atoms. The van der Waals surface area contributed by atoms with Crippen LogP contribution in [0.5, 0.6) is 0 Å². The van der Waals surface area contributed by atoms with E-state index >= 15 is 0 Å². The summed E-state index contributed by atoms with van der Waals surface area (Å²) in [5.74, 6) is 0. The number of H-pyrrole nitrogens is 1. The fraction of sp³-hybridized carbons (Fsp3) is 0. The summed E-state index contributed by atoms with van der Waals surface area (Å²) in [6, 6.07) is 2.08. The summed E-state index contributed by atoms with van der Waals surface area (Å²) >= 11 is 0.0590. The van der Waals surface area contributed by atoms with Crippen molar-refractivity contribution >= 4 is 36.5 Å². The lowest BCUT2D eigenvalue weighted by atomic mass is 10.2. The number of aromatic amines is 1. The second kappa shape index (κ2) is 2.56. The first-order valence-electron chi connectivity index (χ1n) is 3.02. The second-order valence-corrected chi connectivity index (χ2v) is 3.97. The molecule has 0 spiro atoms. The van der Waals surface area contributed by atoms with Gasteiger partial charge in [-0.05, 0) is 37.0 Å². The Hall–Kier alpha value is -0.600. The van der Waals surface area contributed by atoms with Crippen molar-refractivity contribution in [2.45, 2.75) is 0 Å². The standard InChI is InChI=1S/C8H6IN/c1-4-9-5-2-8-7(1)3-6-10-8/h1-4,6,10H. The van der Waals surface area contributed by atoms with Crippen LogP contribution in [0.4, 0.5) is 0 Å². The summed E-state index contributed by atoms with van der Waals surface area (Å²) in [4.78, 5) is 3.15. The minimum atomic E-state index is 0.0590.